The maximum atomic E-state index is 12.7. The summed E-state index contributed by atoms with van der Waals surface area (Å²) in [5.41, 5.74) is 1.22. The van der Waals surface area contributed by atoms with E-state index in [0.717, 1.165) is 11.6 Å². The van der Waals surface area contributed by atoms with E-state index < -0.39 is 32.9 Å². The van der Waals surface area contributed by atoms with Crippen LogP contribution in [0.5, 0.6) is 0 Å². The molecule has 0 saturated heterocycles. The lowest BCUT2D eigenvalue weighted by molar-refractivity contribution is -0.384. The van der Waals surface area contributed by atoms with Gasteiger partial charge in [0.25, 0.3) is 21.6 Å². The average Bonchev–Trinajstić information content (AvgIpc) is 2.80. The maximum absolute atomic E-state index is 12.7. The molecule has 1 unspecified atom stereocenters. The lowest BCUT2D eigenvalue weighted by Gasteiger charge is -2.14. The second kappa shape index (κ2) is 10.1. The van der Waals surface area contributed by atoms with Crippen molar-refractivity contribution in [1.82, 2.24) is 0 Å². The standard InChI is InChI=1S/C23H21N3O7S/c1-15-9-11-18(12-10-15)25-34(31,32)21-8-3-5-17(13-21)23(28)33-16(2)22(27)24-19-6-4-7-20(14-19)26(29)30/h3-14,16,25H,1-2H3,(H,24,27). The smallest absolute Gasteiger partial charge is 0.338 e. The normalized spacial score (nSPS) is 11.8. The van der Waals surface area contributed by atoms with Gasteiger partial charge in [-0.1, -0.05) is 29.8 Å². The van der Waals surface area contributed by atoms with Crippen molar-refractivity contribution in [2.75, 3.05) is 10.0 Å². The molecule has 176 valence electrons. The van der Waals surface area contributed by atoms with Crippen LogP contribution >= 0.6 is 0 Å². The Balaban J connectivity index is 1.68. The van der Waals surface area contributed by atoms with Crippen LogP contribution in [0.2, 0.25) is 0 Å². The minimum absolute atomic E-state index is 0.0678. The van der Waals surface area contributed by atoms with Crippen molar-refractivity contribution in [3.8, 4) is 0 Å². The van der Waals surface area contributed by atoms with E-state index in [-0.39, 0.29) is 21.8 Å². The van der Waals surface area contributed by atoms with Gasteiger partial charge in [0, 0.05) is 23.5 Å². The Morgan fingerprint density at radius 1 is 0.971 bits per heavy atom. The number of ether oxygens (including phenoxy) is 1. The third-order valence-electron chi connectivity index (χ3n) is 4.66. The minimum Gasteiger partial charge on any atom is -0.449 e. The van der Waals surface area contributed by atoms with Gasteiger partial charge in [0.1, 0.15) is 0 Å². The predicted molar refractivity (Wildman–Crippen MR) is 125 cm³/mol. The molecule has 0 aromatic heterocycles. The van der Waals surface area contributed by atoms with Crippen LogP contribution in [-0.4, -0.2) is 31.3 Å². The van der Waals surface area contributed by atoms with Gasteiger partial charge in [-0.25, -0.2) is 13.2 Å². The van der Waals surface area contributed by atoms with E-state index >= 15 is 0 Å². The lowest BCUT2D eigenvalue weighted by atomic mass is 10.2. The Morgan fingerprint density at radius 3 is 2.32 bits per heavy atom. The molecule has 2 N–H and O–H groups in total. The number of anilines is 2. The molecule has 0 bridgehead atoms. The zero-order valence-electron chi connectivity index (χ0n) is 18.2. The van der Waals surface area contributed by atoms with E-state index in [1.165, 1.54) is 49.4 Å². The zero-order chi connectivity index (χ0) is 24.9. The predicted octanol–water partition coefficient (Wildman–Crippen LogP) is 3.89. The Bertz CT molecular complexity index is 1340. The van der Waals surface area contributed by atoms with E-state index in [4.69, 9.17) is 4.74 Å². The molecule has 3 aromatic carbocycles. The Kier molecular flexibility index (Phi) is 7.27. The molecule has 1 amide bonds. The highest BCUT2D eigenvalue weighted by Gasteiger charge is 2.22. The number of nitrogens with one attached hydrogen (secondary N) is 2. The van der Waals surface area contributed by atoms with Gasteiger partial charge in [-0.05, 0) is 50.2 Å². The number of nitrogens with zero attached hydrogens (tertiary/aromatic N) is 1. The lowest BCUT2D eigenvalue weighted by Crippen LogP contribution is -2.30. The van der Waals surface area contributed by atoms with Gasteiger partial charge in [0.2, 0.25) is 0 Å². The summed E-state index contributed by atoms with van der Waals surface area (Å²) in [5, 5.41) is 13.3. The Morgan fingerprint density at radius 2 is 1.65 bits per heavy atom. The number of non-ortho nitro benzene ring substituents is 1. The molecule has 0 fully saturated rings. The summed E-state index contributed by atoms with van der Waals surface area (Å²) in [6, 6.07) is 17.3. The fourth-order valence-corrected chi connectivity index (χ4v) is 3.95. The van der Waals surface area contributed by atoms with Crippen molar-refractivity contribution in [3.05, 3.63) is 94.0 Å². The number of amides is 1. The first-order valence-corrected chi connectivity index (χ1v) is 11.5. The van der Waals surface area contributed by atoms with Crippen LogP contribution in [0.1, 0.15) is 22.8 Å². The number of hydrogen-bond donors (Lipinski definition) is 2. The molecule has 10 nitrogen and oxygen atoms in total. The number of carbonyl (C=O) groups is 2. The first-order chi connectivity index (χ1) is 16.0. The van der Waals surface area contributed by atoms with Gasteiger partial charge in [-0.2, -0.15) is 0 Å². The number of nitro benzene ring substituents is 1. The second-order valence-corrected chi connectivity index (χ2v) is 9.03. The van der Waals surface area contributed by atoms with Gasteiger partial charge >= 0.3 is 5.97 Å². The average molecular weight is 484 g/mol. The number of esters is 1. The summed E-state index contributed by atoms with van der Waals surface area (Å²) in [7, 11) is -3.97. The molecule has 0 spiro atoms. The van der Waals surface area contributed by atoms with Crippen molar-refractivity contribution in [2.45, 2.75) is 24.8 Å². The largest absolute Gasteiger partial charge is 0.449 e. The highest BCUT2D eigenvalue weighted by atomic mass is 32.2. The van der Waals surface area contributed by atoms with E-state index in [1.54, 1.807) is 24.3 Å². The van der Waals surface area contributed by atoms with Gasteiger partial charge < -0.3 is 10.1 Å². The van der Waals surface area contributed by atoms with Gasteiger partial charge in [-0.3, -0.25) is 19.6 Å². The van der Waals surface area contributed by atoms with Crippen LogP contribution in [0.4, 0.5) is 17.1 Å². The maximum Gasteiger partial charge on any atom is 0.338 e. The molecule has 1 atom stereocenters. The molecule has 11 heteroatoms. The zero-order valence-corrected chi connectivity index (χ0v) is 19.0. The molecule has 3 rings (SSSR count). The summed E-state index contributed by atoms with van der Waals surface area (Å²) in [5.74, 6) is -1.62. The number of rotatable bonds is 8. The van der Waals surface area contributed by atoms with E-state index in [1.807, 2.05) is 6.92 Å². The van der Waals surface area contributed by atoms with Gasteiger partial charge in [0.05, 0.1) is 15.4 Å². The highest BCUT2D eigenvalue weighted by molar-refractivity contribution is 7.92. The van der Waals surface area contributed by atoms with Crippen LogP contribution in [-0.2, 0) is 19.6 Å². The van der Waals surface area contributed by atoms with Gasteiger partial charge in [0.15, 0.2) is 6.10 Å². The molecule has 3 aromatic rings. The van der Waals surface area contributed by atoms with E-state index in [0.29, 0.717) is 5.69 Å². The second-order valence-electron chi connectivity index (χ2n) is 7.34. The number of aryl methyl sites for hydroxylation is 1. The van der Waals surface area contributed by atoms with Crippen molar-refractivity contribution in [2.24, 2.45) is 0 Å². The molecule has 0 radical (unpaired) electrons. The van der Waals surface area contributed by atoms with Crippen molar-refractivity contribution >= 4 is 39.0 Å². The fourth-order valence-electron chi connectivity index (χ4n) is 2.85. The quantitative estimate of drug-likeness (QED) is 0.281. The van der Waals surface area contributed by atoms with Crippen LogP contribution in [0, 0.1) is 17.0 Å². The topological polar surface area (TPSA) is 145 Å². The summed E-state index contributed by atoms with van der Waals surface area (Å²) in [6.07, 6.45) is -1.25. The van der Waals surface area contributed by atoms with Crippen molar-refractivity contribution < 1.29 is 27.7 Å². The fraction of sp³-hybridized carbons (Fsp3) is 0.130. The highest BCUT2D eigenvalue weighted by Crippen LogP contribution is 2.20. The first kappa shape index (κ1) is 24.4. The minimum atomic E-state index is -3.97. The molecular formula is C23H21N3O7S. The number of benzene rings is 3. The summed E-state index contributed by atoms with van der Waals surface area (Å²) < 4.78 is 33.0. The SMILES string of the molecule is Cc1ccc(NS(=O)(=O)c2cccc(C(=O)OC(C)C(=O)Nc3cccc([N+](=O)[O-])c3)c2)cc1. The van der Waals surface area contributed by atoms with Crippen LogP contribution in [0.3, 0.4) is 0 Å². The molecule has 34 heavy (non-hydrogen) atoms. The van der Waals surface area contributed by atoms with Crippen molar-refractivity contribution in [1.29, 1.82) is 0 Å². The molecule has 0 aliphatic rings. The van der Waals surface area contributed by atoms with Crippen LogP contribution < -0.4 is 10.0 Å². The molecular weight excluding hydrogens is 462 g/mol. The van der Waals surface area contributed by atoms with Gasteiger partial charge in [-0.15, -0.1) is 0 Å². The summed E-state index contributed by atoms with van der Waals surface area (Å²) in [6.45, 7) is 3.20. The number of nitro groups is 1. The number of carbonyl (C=O) groups excluding carboxylic acids is 2. The third-order valence-corrected chi connectivity index (χ3v) is 6.04. The van der Waals surface area contributed by atoms with Crippen LogP contribution in [0.25, 0.3) is 0 Å². The summed E-state index contributed by atoms with van der Waals surface area (Å²) in [4.78, 5) is 35.0. The van der Waals surface area contributed by atoms with E-state index in [9.17, 15) is 28.1 Å². The third kappa shape index (κ3) is 6.17. The monoisotopic (exact) mass is 483 g/mol. The Labute approximate surface area is 195 Å². The molecule has 0 aliphatic carbocycles. The van der Waals surface area contributed by atoms with Crippen LogP contribution in [0.15, 0.2) is 77.7 Å². The summed E-state index contributed by atoms with van der Waals surface area (Å²) >= 11 is 0. The number of sulfonamides is 1. The molecule has 0 heterocycles. The Hall–Kier alpha value is -4.25. The number of hydrogen-bond acceptors (Lipinski definition) is 7. The molecule has 0 aliphatic heterocycles. The van der Waals surface area contributed by atoms with E-state index in [2.05, 4.69) is 10.0 Å². The first-order valence-electron chi connectivity index (χ1n) is 10.0. The molecule has 0 saturated carbocycles. The van der Waals surface area contributed by atoms with Crippen molar-refractivity contribution in [3.63, 3.8) is 0 Å².